The molecule has 0 saturated heterocycles. The van der Waals surface area contributed by atoms with Crippen molar-refractivity contribution in [3.63, 3.8) is 0 Å². The van der Waals surface area contributed by atoms with Crippen molar-refractivity contribution < 1.29 is 9.13 Å². The molecule has 0 aliphatic carbocycles. The van der Waals surface area contributed by atoms with E-state index in [2.05, 4.69) is 12.1 Å². The Balaban J connectivity index is 2.18. The predicted molar refractivity (Wildman–Crippen MR) is 86.3 cm³/mol. The minimum Gasteiger partial charge on any atom is -0.493 e. The van der Waals surface area contributed by atoms with Crippen LogP contribution in [0.4, 0.5) is 4.39 Å². The van der Waals surface area contributed by atoms with Gasteiger partial charge in [0.1, 0.15) is 0 Å². The normalized spacial score (nSPS) is 10.9. The van der Waals surface area contributed by atoms with E-state index in [1.165, 1.54) is 12.7 Å². The molecule has 0 unspecified atom stereocenters. The van der Waals surface area contributed by atoms with Crippen molar-refractivity contribution >= 4 is 11.8 Å². The van der Waals surface area contributed by atoms with Gasteiger partial charge in [-0.1, -0.05) is 30.3 Å². The number of methoxy groups -OCH3 is 1. The molecular weight excluding hydrogens is 285 g/mol. The van der Waals surface area contributed by atoms with Gasteiger partial charge in [-0.2, -0.15) is 0 Å². The lowest BCUT2D eigenvalue weighted by molar-refractivity contribution is 0.355. The summed E-state index contributed by atoms with van der Waals surface area (Å²) in [6, 6.07) is 13.7. The van der Waals surface area contributed by atoms with Crippen LogP contribution in [0.5, 0.6) is 5.75 Å². The summed E-state index contributed by atoms with van der Waals surface area (Å²) in [7, 11) is 5.43. The van der Waals surface area contributed by atoms with Crippen LogP contribution in [0.3, 0.4) is 0 Å². The molecule has 0 saturated carbocycles. The fraction of sp³-hybridized carbons (Fsp3) is 0.294. The molecular formula is C17H20FNOS. The van der Waals surface area contributed by atoms with Crippen molar-refractivity contribution in [1.29, 1.82) is 0 Å². The van der Waals surface area contributed by atoms with E-state index >= 15 is 0 Å². The highest BCUT2D eigenvalue weighted by Crippen LogP contribution is 2.31. The lowest BCUT2D eigenvalue weighted by atomic mass is 10.2. The number of hydrogen-bond donors (Lipinski definition) is 0. The summed E-state index contributed by atoms with van der Waals surface area (Å²) < 4.78 is 19.3. The molecule has 2 rings (SSSR count). The summed E-state index contributed by atoms with van der Waals surface area (Å²) in [5, 5.41) is 0. The molecule has 2 nitrogen and oxygen atoms in total. The summed E-state index contributed by atoms with van der Waals surface area (Å²) in [5.41, 5.74) is 2.10. The van der Waals surface area contributed by atoms with Crippen LogP contribution in [0.2, 0.25) is 0 Å². The van der Waals surface area contributed by atoms with Gasteiger partial charge in [0, 0.05) is 22.8 Å². The first kappa shape index (κ1) is 15.9. The molecule has 0 N–H and O–H groups in total. The summed E-state index contributed by atoms with van der Waals surface area (Å²) in [6.07, 6.45) is 0. The summed E-state index contributed by atoms with van der Waals surface area (Å²) in [4.78, 5) is 2.93. The van der Waals surface area contributed by atoms with Gasteiger partial charge in [0.25, 0.3) is 0 Å². The molecule has 0 heterocycles. The van der Waals surface area contributed by atoms with Crippen molar-refractivity contribution in [2.75, 3.05) is 21.2 Å². The summed E-state index contributed by atoms with van der Waals surface area (Å²) >= 11 is 1.63. The molecule has 0 spiro atoms. The van der Waals surface area contributed by atoms with Crippen LogP contribution in [0, 0.1) is 5.82 Å². The zero-order chi connectivity index (χ0) is 15.2. The van der Waals surface area contributed by atoms with E-state index < -0.39 is 0 Å². The zero-order valence-electron chi connectivity index (χ0n) is 12.6. The molecule has 0 aromatic heterocycles. The van der Waals surface area contributed by atoms with Crippen molar-refractivity contribution in [2.45, 2.75) is 17.2 Å². The number of ether oxygens (including phenoxy) is 1. The molecule has 2 aromatic carbocycles. The second kappa shape index (κ2) is 7.48. The maximum Gasteiger partial charge on any atom is 0.166 e. The van der Waals surface area contributed by atoms with Gasteiger partial charge in [0.05, 0.1) is 7.11 Å². The van der Waals surface area contributed by atoms with E-state index in [1.54, 1.807) is 17.8 Å². The fourth-order valence-corrected chi connectivity index (χ4v) is 3.07. The largest absolute Gasteiger partial charge is 0.493 e. The Kier molecular flexibility index (Phi) is 5.65. The smallest absolute Gasteiger partial charge is 0.166 e. The van der Waals surface area contributed by atoms with Crippen molar-refractivity contribution in [2.24, 2.45) is 0 Å². The first-order valence-electron chi connectivity index (χ1n) is 6.78. The van der Waals surface area contributed by atoms with Gasteiger partial charge in [-0.3, -0.25) is 0 Å². The lowest BCUT2D eigenvalue weighted by Crippen LogP contribution is -2.12. The van der Waals surface area contributed by atoms with Crippen LogP contribution in [0.15, 0.2) is 47.4 Å². The molecule has 0 radical (unpaired) electrons. The van der Waals surface area contributed by atoms with Crippen LogP contribution in [-0.2, 0) is 12.3 Å². The van der Waals surface area contributed by atoms with Gasteiger partial charge < -0.3 is 9.64 Å². The maximum absolute atomic E-state index is 14.1. The van der Waals surface area contributed by atoms with E-state index in [-0.39, 0.29) is 5.82 Å². The van der Waals surface area contributed by atoms with Crippen molar-refractivity contribution in [3.05, 3.63) is 59.4 Å². The minimum absolute atomic E-state index is 0.299. The van der Waals surface area contributed by atoms with Gasteiger partial charge in [0.2, 0.25) is 0 Å². The van der Waals surface area contributed by atoms with E-state index in [9.17, 15) is 4.39 Å². The number of halogens is 1. The average molecular weight is 305 g/mol. The van der Waals surface area contributed by atoms with Gasteiger partial charge in [0.15, 0.2) is 11.6 Å². The summed E-state index contributed by atoms with van der Waals surface area (Å²) in [6.45, 7) is 0.653. The topological polar surface area (TPSA) is 12.5 Å². The first-order chi connectivity index (χ1) is 10.1. The third-order valence-electron chi connectivity index (χ3n) is 3.03. The van der Waals surface area contributed by atoms with Crippen molar-refractivity contribution in [1.82, 2.24) is 4.90 Å². The number of benzene rings is 2. The summed E-state index contributed by atoms with van der Waals surface area (Å²) in [5.74, 6) is 0.869. The zero-order valence-corrected chi connectivity index (χ0v) is 13.4. The molecule has 0 aliphatic rings. The van der Waals surface area contributed by atoms with E-state index in [1.807, 2.05) is 43.3 Å². The predicted octanol–water partition coefficient (Wildman–Crippen LogP) is 4.19. The lowest BCUT2D eigenvalue weighted by Gasteiger charge is -2.15. The monoisotopic (exact) mass is 305 g/mol. The van der Waals surface area contributed by atoms with Crippen LogP contribution < -0.4 is 4.74 Å². The molecule has 0 atom stereocenters. The fourth-order valence-electron chi connectivity index (χ4n) is 2.13. The quantitative estimate of drug-likeness (QED) is 0.743. The first-order valence-corrected chi connectivity index (χ1v) is 7.76. The van der Waals surface area contributed by atoms with Crippen LogP contribution in [0.1, 0.15) is 11.1 Å². The molecule has 0 aliphatic heterocycles. The molecule has 0 amide bonds. The van der Waals surface area contributed by atoms with Crippen LogP contribution in [-0.4, -0.2) is 26.1 Å². The number of hydrogen-bond acceptors (Lipinski definition) is 3. The molecule has 112 valence electrons. The van der Waals surface area contributed by atoms with Gasteiger partial charge in [-0.05, 0) is 31.8 Å². The second-order valence-corrected chi connectivity index (χ2v) is 6.16. The Morgan fingerprint density at radius 2 is 1.86 bits per heavy atom. The van der Waals surface area contributed by atoms with E-state index in [0.717, 1.165) is 16.2 Å². The molecule has 0 bridgehead atoms. The van der Waals surface area contributed by atoms with Crippen molar-refractivity contribution in [3.8, 4) is 5.75 Å². The standard InChI is InChI=1S/C17H20FNOS/c1-19(2)11-14-9-15(10-16(18)17(14)20-3)21-12-13-7-5-4-6-8-13/h4-10H,11-12H2,1-3H3. The van der Waals surface area contributed by atoms with Crippen LogP contribution >= 0.6 is 11.8 Å². The third kappa shape index (κ3) is 4.48. The van der Waals surface area contributed by atoms with E-state index in [4.69, 9.17) is 4.74 Å². The van der Waals surface area contributed by atoms with E-state index in [0.29, 0.717) is 12.3 Å². The number of thioether (sulfide) groups is 1. The Labute approximate surface area is 129 Å². The van der Waals surface area contributed by atoms with Gasteiger partial charge in [-0.15, -0.1) is 11.8 Å². The molecule has 0 fully saturated rings. The molecule has 2 aromatic rings. The maximum atomic E-state index is 14.1. The highest BCUT2D eigenvalue weighted by atomic mass is 32.2. The minimum atomic E-state index is -0.299. The Bertz CT molecular complexity index is 587. The molecule has 4 heteroatoms. The highest BCUT2D eigenvalue weighted by molar-refractivity contribution is 7.98. The van der Waals surface area contributed by atoms with Gasteiger partial charge >= 0.3 is 0 Å². The highest BCUT2D eigenvalue weighted by Gasteiger charge is 2.12. The second-order valence-electron chi connectivity index (χ2n) is 5.11. The third-order valence-corrected chi connectivity index (χ3v) is 4.08. The average Bonchev–Trinajstić information content (AvgIpc) is 2.45. The Morgan fingerprint density at radius 1 is 1.14 bits per heavy atom. The van der Waals surface area contributed by atoms with Gasteiger partial charge in [-0.25, -0.2) is 4.39 Å². The number of rotatable bonds is 6. The number of nitrogens with zero attached hydrogens (tertiary/aromatic N) is 1. The Morgan fingerprint density at radius 3 is 2.48 bits per heavy atom. The SMILES string of the molecule is COc1c(F)cc(SCc2ccccc2)cc1CN(C)C. The van der Waals surface area contributed by atoms with Crippen LogP contribution in [0.25, 0.3) is 0 Å². The Hall–Kier alpha value is -1.52. The molecule has 21 heavy (non-hydrogen) atoms.